The zero-order valence-corrected chi connectivity index (χ0v) is 18.2. The molecule has 1 atom stereocenters. The molecule has 2 heterocycles. The monoisotopic (exact) mass is 393 g/mol. The van der Waals surface area contributed by atoms with Crippen molar-refractivity contribution in [2.75, 3.05) is 32.9 Å². The number of likely N-dealkylation sites (tertiary alicyclic amines) is 1. The van der Waals surface area contributed by atoms with Crippen LogP contribution in [0, 0.1) is 0 Å². The molecule has 3 rings (SSSR count). The van der Waals surface area contributed by atoms with Crippen molar-refractivity contribution in [1.82, 2.24) is 24.6 Å². The van der Waals surface area contributed by atoms with E-state index in [1.807, 2.05) is 11.9 Å². The van der Waals surface area contributed by atoms with E-state index in [4.69, 9.17) is 0 Å². The molecular formula is C20H35N5OS. The number of amides is 1. The Morgan fingerprint density at radius 2 is 1.93 bits per heavy atom. The van der Waals surface area contributed by atoms with E-state index >= 15 is 0 Å². The van der Waals surface area contributed by atoms with Gasteiger partial charge in [-0.15, -0.1) is 10.2 Å². The SMILES string of the molecule is CSc1nnc([C@H]2CCCN(CC(=O)N(C)C3CCCCC3)C2)n1C(C)C. The maximum Gasteiger partial charge on any atom is 0.236 e. The van der Waals surface area contributed by atoms with E-state index < -0.39 is 0 Å². The van der Waals surface area contributed by atoms with Gasteiger partial charge < -0.3 is 9.47 Å². The van der Waals surface area contributed by atoms with Gasteiger partial charge in [0.2, 0.25) is 5.91 Å². The lowest BCUT2D eigenvalue weighted by Crippen LogP contribution is -2.46. The minimum absolute atomic E-state index is 0.276. The van der Waals surface area contributed by atoms with Gasteiger partial charge in [0.25, 0.3) is 0 Å². The fourth-order valence-electron chi connectivity index (χ4n) is 4.58. The summed E-state index contributed by atoms with van der Waals surface area (Å²) in [5.74, 6) is 1.73. The van der Waals surface area contributed by atoms with Gasteiger partial charge in [0.1, 0.15) is 5.82 Å². The maximum atomic E-state index is 12.8. The summed E-state index contributed by atoms with van der Waals surface area (Å²) in [5.41, 5.74) is 0. The molecule has 1 aliphatic heterocycles. The van der Waals surface area contributed by atoms with Gasteiger partial charge in [-0.2, -0.15) is 0 Å². The lowest BCUT2D eigenvalue weighted by molar-refractivity contribution is -0.134. The van der Waals surface area contributed by atoms with E-state index in [2.05, 4.69) is 39.8 Å². The number of carbonyl (C=O) groups excluding carboxylic acids is 1. The van der Waals surface area contributed by atoms with E-state index in [-0.39, 0.29) is 5.91 Å². The maximum absolute atomic E-state index is 12.8. The quantitative estimate of drug-likeness (QED) is 0.692. The van der Waals surface area contributed by atoms with Crippen LogP contribution >= 0.6 is 11.8 Å². The van der Waals surface area contributed by atoms with Crippen molar-refractivity contribution >= 4 is 17.7 Å². The number of likely N-dealkylation sites (N-methyl/N-ethyl adjacent to an activating group) is 1. The minimum Gasteiger partial charge on any atom is -0.342 e. The average Bonchev–Trinajstić information content (AvgIpc) is 3.13. The molecule has 1 amide bonds. The van der Waals surface area contributed by atoms with E-state index in [0.29, 0.717) is 24.5 Å². The van der Waals surface area contributed by atoms with Gasteiger partial charge in [-0.25, -0.2) is 0 Å². The highest BCUT2D eigenvalue weighted by atomic mass is 32.2. The molecule has 0 radical (unpaired) electrons. The van der Waals surface area contributed by atoms with Crippen molar-refractivity contribution in [2.45, 2.75) is 82.0 Å². The Morgan fingerprint density at radius 3 is 2.59 bits per heavy atom. The van der Waals surface area contributed by atoms with Crippen LogP contribution in [0.2, 0.25) is 0 Å². The Bertz CT molecular complexity index is 626. The van der Waals surface area contributed by atoms with Crippen LogP contribution in [0.4, 0.5) is 0 Å². The topological polar surface area (TPSA) is 54.3 Å². The van der Waals surface area contributed by atoms with E-state index in [1.54, 1.807) is 11.8 Å². The predicted octanol–water partition coefficient (Wildman–Crippen LogP) is 3.55. The van der Waals surface area contributed by atoms with Crippen molar-refractivity contribution in [1.29, 1.82) is 0 Å². The summed E-state index contributed by atoms with van der Waals surface area (Å²) < 4.78 is 2.27. The number of hydrogen-bond acceptors (Lipinski definition) is 5. The molecule has 0 bridgehead atoms. The first-order chi connectivity index (χ1) is 13.0. The van der Waals surface area contributed by atoms with Crippen molar-refractivity contribution in [3.05, 3.63) is 5.82 Å². The first-order valence-electron chi connectivity index (χ1n) is 10.5. The molecule has 7 heteroatoms. The first kappa shape index (κ1) is 20.6. The second kappa shape index (κ2) is 9.41. The summed E-state index contributed by atoms with van der Waals surface area (Å²) in [4.78, 5) is 17.2. The zero-order chi connectivity index (χ0) is 19.4. The second-order valence-corrected chi connectivity index (χ2v) is 9.15. The van der Waals surface area contributed by atoms with Crippen LogP contribution < -0.4 is 0 Å². The van der Waals surface area contributed by atoms with Gasteiger partial charge in [0.05, 0.1) is 6.54 Å². The molecule has 1 aromatic rings. The molecule has 6 nitrogen and oxygen atoms in total. The molecule has 1 aromatic heterocycles. The molecule has 27 heavy (non-hydrogen) atoms. The molecule has 0 unspecified atom stereocenters. The highest BCUT2D eigenvalue weighted by Gasteiger charge is 2.30. The molecule has 1 aliphatic carbocycles. The Labute approximate surface area is 168 Å². The van der Waals surface area contributed by atoms with Crippen LogP contribution in [0.25, 0.3) is 0 Å². The molecule has 1 saturated carbocycles. The molecule has 2 fully saturated rings. The largest absolute Gasteiger partial charge is 0.342 e. The number of thioether (sulfide) groups is 1. The van der Waals surface area contributed by atoms with Gasteiger partial charge >= 0.3 is 0 Å². The van der Waals surface area contributed by atoms with Crippen LogP contribution in [0.15, 0.2) is 5.16 Å². The number of nitrogens with zero attached hydrogens (tertiary/aromatic N) is 5. The third kappa shape index (κ3) is 4.86. The number of rotatable bonds is 6. The Kier molecular flexibility index (Phi) is 7.20. The van der Waals surface area contributed by atoms with Crippen molar-refractivity contribution in [2.24, 2.45) is 0 Å². The Morgan fingerprint density at radius 1 is 1.19 bits per heavy atom. The molecule has 1 saturated heterocycles. The second-order valence-electron chi connectivity index (χ2n) is 8.38. The zero-order valence-electron chi connectivity index (χ0n) is 17.4. The average molecular weight is 394 g/mol. The van der Waals surface area contributed by atoms with E-state index in [0.717, 1.165) is 36.9 Å². The normalized spacial score (nSPS) is 22.3. The standard InChI is InChI=1S/C20H35N5OS/c1-15(2)25-19(21-22-20(25)27-4)16-9-8-12-24(13-16)14-18(26)23(3)17-10-6-5-7-11-17/h15-17H,5-14H2,1-4H3/t16-/m0/s1. The van der Waals surface area contributed by atoms with Crippen LogP contribution in [0.1, 0.15) is 76.6 Å². The Hall–Kier alpha value is -1.08. The summed E-state index contributed by atoms with van der Waals surface area (Å²) in [6.45, 7) is 6.83. The van der Waals surface area contributed by atoms with Gasteiger partial charge in [0.15, 0.2) is 5.16 Å². The van der Waals surface area contributed by atoms with Crippen LogP contribution in [0.5, 0.6) is 0 Å². The summed E-state index contributed by atoms with van der Waals surface area (Å²) >= 11 is 1.65. The van der Waals surface area contributed by atoms with Crippen molar-refractivity contribution in [3.8, 4) is 0 Å². The minimum atomic E-state index is 0.276. The van der Waals surface area contributed by atoms with E-state index in [1.165, 1.54) is 32.1 Å². The smallest absolute Gasteiger partial charge is 0.236 e. The third-order valence-electron chi connectivity index (χ3n) is 6.14. The number of piperidine rings is 1. The summed E-state index contributed by atoms with van der Waals surface area (Å²) in [6.07, 6.45) is 10.5. The molecule has 0 N–H and O–H groups in total. The Balaban J connectivity index is 1.62. The lowest BCUT2D eigenvalue weighted by atomic mass is 9.94. The van der Waals surface area contributed by atoms with Gasteiger partial charge in [-0.1, -0.05) is 31.0 Å². The molecule has 0 spiro atoms. The summed E-state index contributed by atoms with van der Waals surface area (Å²) in [6, 6.07) is 0.798. The molecule has 2 aliphatic rings. The van der Waals surface area contributed by atoms with Gasteiger partial charge in [-0.05, 0) is 52.3 Å². The highest BCUT2D eigenvalue weighted by Crippen LogP contribution is 2.30. The third-order valence-corrected chi connectivity index (χ3v) is 6.78. The van der Waals surface area contributed by atoms with Crippen molar-refractivity contribution < 1.29 is 4.79 Å². The van der Waals surface area contributed by atoms with Crippen molar-refractivity contribution in [3.63, 3.8) is 0 Å². The van der Waals surface area contributed by atoms with Gasteiger partial charge in [-0.3, -0.25) is 9.69 Å². The number of hydrogen-bond donors (Lipinski definition) is 0. The fraction of sp³-hybridized carbons (Fsp3) is 0.850. The highest BCUT2D eigenvalue weighted by molar-refractivity contribution is 7.98. The van der Waals surface area contributed by atoms with E-state index in [9.17, 15) is 4.79 Å². The molecule has 152 valence electrons. The number of carbonyl (C=O) groups is 1. The predicted molar refractivity (Wildman–Crippen MR) is 110 cm³/mol. The summed E-state index contributed by atoms with van der Waals surface area (Å²) in [5, 5.41) is 9.90. The van der Waals surface area contributed by atoms with Crippen LogP contribution in [-0.2, 0) is 4.79 Å². The lowest BCUT2D eigenvalue weighted by Gasteiger charge is -2.36. The molecular weight excluding hydrogens is 358 g/mol. The number of aromatic nitrogens is 3. The molecule has 0 aromatic carbocycles. The van der Waals surface area contributed by atoms with Crippen LogP contribution in [0.3, 0.4) is 0 Å². The van der Waals surface area contributed by atoms with Crippen LogP contribution in [-0.4, -0.2) is 69.5 Å². The summed E-state index contributed by atoms with van der Waals surface area (Å²) in [7, 11) is 2.00. The first-order valence-corrected chi connectivity index (χ1v) is 11.7. The van der Waals surface area contributed by atoms with Gasteiger partial charge in [0, 0.05) is 31.6 Å². The fourth-order valence-corrected chi connectivity index (χ4v) is 5.20.